The molecule has 1 rings (SSSR count). The molecule has 0 atom stereocenters. The molecule has 0 aromatic carbocycles. The molecule has 0 aliphatic heterocycles. The minimum atomic E-state index is 0.785. The van der Waals surface area contributed by atoms with Crippen molar-refractivity contribution in [3.8, 4) is 0 Å². The van der Waals surface area contributed by atoms with Gasteiger partial charge in [-0.05, 0) is 0 Å². The second-order valence-electron chi connectivity index (χ2n) is 1.64. The van der Waals surface area contributed by atoms with Gasteiger partial charge in [0.1, 0.15) is 0 Å². The molecule has 1 aromatic rings. The van der Waals surface area contributed by atoms with Gasteiger partial charge in [0.25, 0.3) is 5.89 Å². The van der Waals surface area contributed by atoms with Crippen LogP contribution in [0.2, 0.25) is 0 Å². The summed E-state index contributed by atoms with van der Waals surface area (Å²) in [5, 5.41) is 3.98. The van der Waals surface area contributed by atoms with Gasteiger partial charge in [-0.15, -0.1) is 0 Å². The molecule has 3 heteroatoms. The van der Waals surface area contributed by atoms with E-state index < -0.39 is 0 Å². The molecule has 1 aromatic heterocycles. The molecule has 44 valence electrons. The maximum absolute atomic E-state index is 4.97. The fourth-order valence-corrected chi connectivity index (χ4v) is 0.514. The second-order valence-corrected chi connectivity index (χ2v) is 1.64. The predicted molar refractivity (Wildman–Crippen MR) is 27.1 cm³/mol. The third-order valence-corrected chi connectivity index (χ3v) is 0.913. The van der Waals surface area contributed by atoms with Crippen molar-refractivity contribution in [3.63, 3.8) is 0 Å². The zero-order valence-corrected chi connectivity index (χ0v) is 5.09. The van der Waals surface area contributed by atoms with E-state index in [1.54, 1.807) is 11.1 Å². The lowest BCUT2D eigenvalue weighted by atomic mass is 10.5. The Morgan fingerprint density at radius 1 is 1.88 bits per heavy atom. The number of hydrogen-bond acceptors (Lipinski definition) is 2. The van der Waals surface area contributed by atoms with Crippen LogP contribution >= 0.6 is 0 Å². The minimum Gasteiger partial charge on any atom is -0.388 e. The number of aryl methyl sites for hydroxylation is 2. The van der Waals surface area contributed by atoms with Crippen LogP contribution in [0.15, 0.2) is 10.8 Å². The standard InChI is InChI=1S/C5H9N2O/c1-3-5-6-7(2)4-8-5/h4H,3H2,1-2H3/q+1. The largest absolute Gasteiger partial charge is 0.388 e. The Balaban J connectivity index is 2.84. The van der Waals surface area contributed by atoms with Crippen LogP contribution in [0, 0.1) is 0 Å². The average molecular weight is 113 g/mol. The molecule has 0 radical (unpaired) electrons. The van der Waals surface area contributed by atoms with Crippen LogP contribution in [0.25, 0.3) is 0 Å². The molecule has 0 aliphatic carbocycles. The maximum atomic E-state index is 4.97. The molecule has 0 amide bonds. The van der Waals surface area contributed by atoms with Gasteiger partial charge in [-0.3, -0.25) is 0 Å². The normalized spacial score (nSPS) is 9.75. The lowest BCUT2D eigenvalue weighted by molar-refractivity contribution is -0.731. The Kier molecular flexibility index (Phi) is 1.28. The smallest absolute Gasteiger partial charge is 0.361 e. The van der Waals surface area contributed by atoms with E-state index in [1.165, 1.54) is 0 Å². The van der Waals surface area contributed by atoms with E-state index in [4.69, 9.17) is 4.42 Å². The van der Waals surface area contributed by atoms with Crippen LogP contribution in [0.5, 0.6) is 0 Å². The van der Waals surface area contributed by atoms with Crippen LogP contribution in [0.4, 0.5) is 0 Å². The third kappa shape index (κ3) is 0.857. The summed E-state index contributed by atoms with van der Waals surface area (Å²) in [4.78, 5) is 0. The summed E-state index contributed by atoms with van der Waals surface area (Å²) in [6, 6.07) is 0. The van der Waals surface area contributed by atoms with E-state index in [2.05, 4.69) is 5.10 Å². The minimum absolute atomic E-state index is 0.785. The van der Waals surface area contributed by atoms with Crippen LogP contribution in [0.3, 0.4) is 0 Å². The Morgan fingerprint density at radius 3 is 2.88 bits per heavy atom. The molecule has 0 aliphatic rings. The highest BCUT2D eigenvalue weighted by molar-refractivity contribution is 4.65. The average Bonchev–Trinajstić information content (AvgIpc) is 2.14. The fourth-order valence-electron chi connectivity index (χ4n) is 0.514. The van der Waals surface area contributed by atoms with Crippen molar-refractivity contribution in [3.05, 3.63) is 12.3 Å². The predicted octanol–water partition coefficient (Wildman–Crippen LogP) is 0.0615. The molecule has 0 unspecified atom stereocenters. The van der Waals surface area contributed by atoms with Crippen molar-refractivity contribution in [2.45, 2.75) is 13.3 Å². The van der Waals surface area contributed by atoms with Gasteiger partial charge in [-0.1, -0.05) is 11.6 Å². The Labute approximate surface area is 47.9 Å². The summed E-state index contributed by atoms with van der Waals surface area (Å²) in [5.41, 5.74) is 0. The highest BCUT2D eigenvalue weighted by atomic mass is 16.4. The lowest BCUT2D eigenvalue weighted by Crippen LogP contribution is -2.28. The van der Waals surface area contributed by atoms with E-state index >= 15 is 0 Å². The first-order valence-electron chi connectivity index (χ1n) is 2.63. The first-order valence-corrected chi connectivity index (χ1v) is 2.63. The number of aromatic nitrogens is 2. The molecule has 8 heavy (non-hydrogen) atoms. The van der Waals surface area contributed by atoms with E-state index in [1.807, 2.05) is 14.0 Å². The molecule has 1 heterocycles. The van der Waals surface area contributed by atoms with Gasteiger partial charge in [0, 0.05) is 11.5 Å². The van der Waals surface area contributed by atoms with E-state index in [0.29, 0.717) is 0 Å². The van der Waals surface area contributed by atoms with E-state index in [0.717, 1.165) is 12.3 Å². The summed E-state index contributed by atoms with van der Waals surface area (Å²) in [6.07, 6.45) is 2.44. The Hall–Kier alpha value is -0.860. The van der Waals surface area contributed by atoms with Gasteiger partial charge >= 0.3 is 6.39 Å². The van der Waals surface area contributed by atoms with Crippen molar-refractivity contribution in [1.82, 2.24) is 5.10 Å². The molecule has 0 spiro atoms. The number of hydrogen-bond donors (Lipinski definition) is 0. The van der Waals surface area contributed by atoms with Crippen LogP contribution in [0.1, 0.15) is 12.8 Å². The molecular formula is C5H9N2O+. The van der Waals surface area contributed by atoms with Crippen molar-refractivity contribution < 1.29 is 9.10 Å². The fraction of sp³-hybridized carbons (Fsp3) is 0.600. The van der Waals surface area contributed by atoms with Gasteiger partial charge in [-0.25, -0.2) is 0 Å². The van der Waals surface area contributed by atoms with Crippen LogP contribution in [-0.2, 0) is 13.5 Å². The zero-order valence-electron chi connectivity index (χ0n) is 5.09. The molecule has 0 N–H and O–H groups in total. The van der Waals surface area contributed by atoms with Gasteiger partial charge in [0.05, 0.1) is 0 Å². The van der Waals surface area contributed by atoms with Crippen LogP contribution < -0.4 is 4.68 Å². The maximum Gasteiger partial charge on any atom is 0.361 e. The highest BCUT2D eigenvalue weighted by Gasteiger charge is 2.00. The highest BCUT2D eigenvalue weighted by Crippen LogP contribution is 1.87. The monoisotopic (exact) mass is 113 g/mol. The van der Waals surface area contributed by atoms with Gasteiger partial charge in [-0.2, -0.15) is 0 Å². The summed E-state index contributed by atoms with van der Waals surface area (Å²) >= 11 is 0. The molecule has 0 bridgehead atoms. The summed E-state index contributed by atoms with van der Waals surface area (Å²) in [6.45, 7) is 2.01. The van der Waals surface area contributed by atoms with Crippen molar-refractivity contribution >= 4 is 0 Å². The van der Waals surface area contributed by atoms with Crippen molar-refractivity contribution in [2.24, 2.45) is 7.05 Å². The Morgan fingerprint density at radius 2 is 2.62 bits per heavy atom. The molecule has 0 fully saturated rings. The molecular weight excluding hydrogens is 104 g/mol. The quantitative estimate of drug-likeness (QED) is 0.482. The van der Waals surface area contributed by atoms with Gasteiger partial charge in [0.15, 0.2) is 7.05 Å². The molecule has 0 saturated heterocycles. The number of nitrogens with zero attached hydrogens (tertiary/aromatic N) is 2. The molecule has 3 nitrogen and oxygen atoms in total. The van der Waals surface area contributed by atoms with Crippen LogP contribution in [-0.4, -0.2) is 5.10 Å². The summed E-state index contributed by atoms with van der Waals surface area (Å²) < 4.78 is 6.62. The van der Waals surface area contributed by atoms with E-state index in [-0.39, 0.29) is 0 Å². The third-order valence-electron chi connectivity index (χ3n) is 0.913. The van der Waals surface area contributed by atoms with Crippen molar-refractivity contribution in [2.75, 3.05) is 0 Å². The second kappa shape index (κ2) is 1.94. The molecule has 0 saturated carbocycles. The topological polar surface area (TPSA) is 29.9 Å². The summed E-state index contributed by atoms with van der Waals surface area (Å²) in [7, 11) is 1.84. The van der Waals surface area contributed by atoms with Crippen molar-refractivity contribution in [1.29, 1.82) is 0 Å². The Bertz CT molecular complexity index is 171. The SMILES string of the molecule is CCc1n[n+](C)co1. The first kappa shape index (κ1) is 5.28. The zero-order chi connectivity index (χ0) is 5.98. The first-order chi connectivity index (χ1) is 3.83. The van der Waals surface area contributed by atoms with Gasteiger partial charge in [0.2, 0.25) is 0 Å². The van der Waals surface area contributed by atoms with E-state index in [9.17, 15) is 0 Å². The lowest BCUT2D eigenvalue weighted by Gasteiger charge is -1.71. The summed E-state index contributed by atoms with van der Waals surface area (Å²) in [5.74, 6) is 0.785. The van der Waals surface area contributed by atoms with Gasteiger partial charge < -0.3 is 4.42 Å². The number of rotatable bonds is 1.